The molecule has 2 saturated heterocycles. The van der Waals surface area contributed by atoms with Gasteiger partial charge in [-0.2, -0.15) is 0 Å². The van der Waals surface area contributed by atoms with Crippen molar-refractivity contribution in [2.75, 3.05) is 50.4 Å². The molecular weight excluding hydrogens is 298 g/mol. The Labute approximate surface area is 135 Å². The minimum Gasteiger partial charge on any atom is -0.508 e. The van der Waals surface area contributed by atoms with Crippen LogP contribution in [0.2, 0.25) is 0 Å². The van der Waals surface area contributed by atoms with E-state index in [1.807, 2.05) is 12.1 Å². The second-order valence-electron chi connectivity index (χ2n) is 5.65. The Morgan fingerprint density at radius 3 is 2.77 bits per heavy atom. The summed E-state index contributed by atoms with van der Waals surface area (Å²) in [6.07, 6.45) is 1.90. The molecule has 0 bridgehead atoms. The zero-order valence-corrected chi connectivity index (χ0v) is 13.5. The minimum absolute atomic E-state index is 0.0241. The minimum atomic E-state index is -0.0241. The van der Waals surface area contributed by atoms with Gasteiger partial charge in [-0.05, 0) is 31.3 Å². The van der Waals surface area contributed by atoms with E-state index in [1.165, 1.54) is 0 Å². The van der Waals surface area contributed by atoms with Crippen LogP contribution in [0.4, 0.5) is 5.69 Å². The molecule has 0 aromatic heterocycles. The van der Waals surface area contributed by atoms with Crippen molar-refractivity contribution in [1.82, 2.24) is 10.2 Å². The van der Waals surface area contributed by atoms with E-state index in [4.69, 9.17) is 0 Å². The first kappa shape index (κ1) is 15.2. The molecule has 2 fully saturated rings. The van der Waals surface area contributed by atoms with Gasteiger partial charge in [-0.25, -0.2) is 0 Å². The monoisotopic (exact) mass is 319 g/mol. The molecule has 5 nitrogen and oxygen atoms in total. The summed E-state index contributed by atoms with van der Waals surface area (Å²) < 4.78 is 0. The predicted octanol–water partition coefficient (Wildman–Crippen LogP) is 1.35. The maximum absolute atomic E-state index is 11.9. The van der Waals surface area contributed by atoms with E-state index < -0.39 is 0 Å². The Morgan fingerprint density at radius 1 is 1.27 bits per heavy atom. The van der Waals surface area contributed by atoms with Crippen molar-refractivity contribution in [2.45, 2.75) is 0 Å². The van der Waals surface area contributed by atoms with Crippen LogP contribution in [0.1, 0.15) is 5.56 Å². The number of likely N-dealkylation sites (N-methyl/N-ethyl adjacent to an activating group) is 1. The van der Waals surface area contributed by atoms with Crippen LogP contribution in [0.25, 0.3) is 6.08 Å². The molecule has 0 aliphatic carbocycles. The number of nitrogens with zero attached hydrogens (tertiary/aromatic N) is 2. The van der Waals surface area contributed by atoms with Crippen LogP contribution in [-0.2, 0) is 4.79 Å². The van der Waals surface area contributed by atoms with Crippen LogP contribution >= 0.6 is 11.8 Å². The molecule has 2 aliphatic rings. The van der Waals surface area contributed by atoms with Crippen molar-refractivity contribution >= 4 is 29.4 Å². The molecule has 0 atom stereocenters. The lowest BCUT2D eigenvalue weighted by molar-refractivity contribution is -0.116. The van der Waals surface area contributed by atoms with Gasteiger partial charge in [0, 0.05) is 49.7 Å². The quantitative estimate of drug-likeness (QED) is 0.806. The lowest BCUT2D eigenvalue weighted by Gasteiger charge is -2.35. The van der Waals surface area contributed by atoms with E-state index in [1.54, 1.807) is 23.9 Å². The van der Waals surface area contributed by atoms with Gasteiger partial charge in [0.25, 0.3) is 5.91 Å². The molecule has 0 saturated carbocycles. The Hall–Kier alpha value is -1.66. The summed E-state index contributed by atoms with van der Waals surface area (Å²) in [6, 6.07) is 5.39. The number of aromatic hydroxyl groups is 1. The molecule has 2 N–H and O–H groups in total. The summed E-state index contributed by atoms with van der Waals surface area (Å²) in [5.74, 6) is 1.09. The standard InChI is InChI=1S/C16H21N3O2S/c1-18-5-7-19(8-6-18)14-3-2-13(20)10-12(14)11-15-16(21)17-4-9-22-15/h2-3,10-11,20H,4-9H2,1H3,(H,17,21)/b15-11-. The van der Waals surface area contributed by atoms with Gasteiger partial charge >= 0.3 is 0 Å². The normalized spacial score (nSPS) is 22.0. The molecule has 3 rings (SSSR count). The second kappa shape index (κ2) is 6.62. The largest absolute Gasteiger partial charge is 0.508 e. The third-order valence-electron chi connectivity index (χ3n) is 4.01. The predicted molar refractivity (Wildman–Crippen MR) is 91.3 cm³/mol. The van der Waals surface area contributed by atoms with Gasteiger partial charge in [0.1, 0.15) is 5.75 Å². The Balaban J connectivity index is 1.91. The van der Waals surface area contributed by atoms with Crippen LogP contribution < -0.4 is 10.2 Å². The number of piperazine rings is 1. The van der Waals surface area contributed by atoms with Crippen molar-refractivity contribution in [3.05, 3.63) is 28.7 Å². The number of carbonyl (C=O) groups excluding carboxylic acids is 1. The van der Waals surface area contributed by atoms with E-state index in [2.05, 4.69) is 22.2 Å². The van der Waals surface area contributed by atoms with E-state index in [0.29, 0.717) is 11.4 Å². The maximum Gasteiger partial charge on any atom is 0.257 e. The van der Waals surface area contributed by atoms with Gasteiger partial charge in [0.15, 0.2) is 0 Å². The molecule has 1 aromatic carbocycles. The first-order valence-electron chi connectivity index (χ1n) is 7.53. The van der Waals surface area contributed by atoms with Gasteiger partial charge in [0.05, 0.1) is 4.91 Å². The highest BCUT2D eigenvalue weighted by Crippen LogP contribution is 2.30. The molecule has 118 valence electrons. The number of nitrogens with one attached hydrogen (secondary N) is 1. The van der Waals surface area contributed by atoms with Crippen molar-refractivity contribution in [3.63, 3.8) is 0 Å². The van der Waals surface area contributed by atoms with Crippen LogP contribution in [0.5, 0.6) is 5.75 Å². The van der Waals surface area contributed by atoms with Crippen LogP contribution in [0, 0.1) is 0 Å². The number of phenolic OH excluding ortho intramolecular Hbond substituents is 1. The molecule has 6 heteroatoms. The SMILES string of the molecule is CN1CCN(c2ccc(O)cc2/C=C2\SCCNC2=O)CC1. The van der Waals surface area contributed by atoms with Crippen molar-refractivity contribution in [1.29, 1.82) is 0 Å². The molecule has 22 heavy (non-hydrogen) atoms. The van der Waals surface area contributed by atoms with E-state index in [0.717, 1.165) is 43.2 Å². The van der Waals surface area contributed by atoms with Gasteiger partial charge < -0.3 is 20.2 Å². The van der Waals surface area contributed by atoms with E-state index in [-0.39, 0.29) is 11.7 Å². The summed E-state index contributed by atoms with van der Waals surface area (Å²) in [5.41, 5.74) is 1.99. The number of thioether (sulfide) groups is 1. The summed E-state index contributed by atoms with van der Waals surface area (Å²) in [7, 11) is 2.13. The fourth-order valence-electron chi connectivity index (χ4n) is 2.72. The summed E-state index contributed by atoms with van der Waals surface area (Å²) >= 11 is 1.57. The lowest BCUT2D eigenvalue weighted by Crippen LogP contribution is -2.44. The van der Waals surface area contributed by atoms with Crippen LogP contribution in [0.15, 0.2) is 23.1 Å². The van der Waals surface area contributed by atoms with Crippen molar-refractivity contribution in [3.8, 4) is 5.75 Å². The van der Waals surface area contributed by atoms with Gasteiger partial charge in [-0.3, -0.25) is 4.79 Å². The lowest BCUT2D eigenvalue weighted by atomic mass is 10.1. The summed E-state index contributed by atoms with van der Waals surface area (Å²) in [5, 5.41) is 12.7. The van der Waals surface area contributed by atoms with E-state index >= 15 is 0 Å². The average Bonchev–Trinajstić information content (AvgIpc) is 2.51. The van der Waals surface area contributed by atoms with Gasteiger partial charge in [-0.15, -0.1) is 11.8 Å². The molecule has 2 heterocycles. The number of phenols is 1. The Kier molecular flexibility index (Phi) is 4.59. The van der Waals surface area contributed by atoms with Crippen molar-refractivity contribution < 1.29 is 9.90 Å². The fraction of sp³-hybridized carbons (Fsp3) is 0.438. The number of carbonyl (C=O) groups is 1. The average molecular weight is 319 g/mol. The van der Waals surface area contributed by atoms with Gasteiger partial charge in [0.2, 0.25) is 0 Å². The van der Waals surface area contributed by atoms with Crippen LogP contribution in [-0.4, -0.2) is 61.4 Å². The number of rotatable bonds is 2. The van der Waals surface area contributed by atoms with Gasteiger partial charge in [-0.1, -0.05) is 0 Å². The number of benzene rings is 1. The molecule has 0 unspecified atom stereocenters. The Morgan fingerprint density at radius 2 is 2.05 bits per heavy atom. The summed E-state index contributed by atoms with van der Waals surface area (Å²) in [6.45, 7) is 4.66. The highest BCUT2D eigenvalue weighted by atomic mass is 32.2. The second-order valence-corrected chi connectivity index (χ2v) is 6.78. The first-order valence-corrected chi connectivity index (χ1v) is 8.51. The number of hydrogen-bond donors (Lipinski definition) is 2. The van der Waals surface area contributed by atoms with Crippen molar-refractivity contribution in [2.24, 2.45) is 0 Å². The third kappa shape index (κ3) is 3.39. The molecule has 1 amide bonds. The molecular formula is C16H21N3O2S. The topological polar surface area (TPSA) is 55.8 Å². The molecule has 2 aliphatic heterocycles. The number of amides is 1. The smallest absolute Gasteiger partial charge is 0.257 e. The molecule has 0 spiro atoms. The zero-order valence-electron chi connectivity index (χ0n) is 12.7. The Bertz CT molecular complexity index is 595. The summed E-state index contributed by atoms with van der Waals surface area (Å²) in [4.78, 5) is 17.3. The third-order valence-corrected chi connectivity index (χ3v) is 5.03. The fourth-order valence-corrected chi connectivity index (χ4v) is 3.56. The van der Waals surface area contributed by atoms with Crippen LogP contribution in [0.3, 0.4) is 0 Å². The number of anilines is 1. The highest BCUT2D eigenvalue weighted by Gasteiger charge is 2.19. The van der Waals surface area contributed by atoms with E-state index in [9.17, 15) is 9.90 Å². The maximum atomic E-state index is 11.9. The highest BCUT2D eigenvalue weighted by molar-refractivity contribution is 8.04. The molecule has 0 radical (unpaired) electrons. The zero-order chi connectivity index (χ0) is 15.5. The number of hydrogen-bond acceptors (Lipinski definition) is 5. The molecule has 1 aromatic rings. The first-order chi connectivity index (χ1) is 10.6.